The largest absolute Gasteiger partial charge is 0.493 e. The van der Waals surface area contributed by atoms with Crippen molar-refractivity contribution in [3.8, 4) is 17.2 Å². The number of benzene rings is 3. The maximum Gasteiger partial charge on any atom is 0.266 e. The monoisotopic (exact) mass is 433 g/mol. The zero-order chi connectivity index (χ0) is 22.0. The molecule has 7 nitrogen and oxygen atoms in total. The van der Waals surface area contributed by atoms with Gasteiger partial charge in [0.1, 0.15) is 0 Å². The highest BCUT2D eigenvalue weighted by Gasteiger charge is 2.13. The summed E-state index contributed by atoms with van der Waals surface area (Å²) in [7, 11) is 3.07. The van der Waals surface area contributed by atoms with Gasteiger partial charge in [-0.25, -0.2) is 0 Å². The molecule has 0 saturated carbocycles. The molecular weight excluding hydrogens is 414 g/mol. The van der Waals surface area contributed by atoms with Crippen LogP contribution < -0.4 is 20.3 Å². The summed E-state index contributed by atoms with van der Waals surface area (Å²) < 4.78 is 12.2. The van der Waals surface area contributed by atoms with E-state index in [0.29, 0.717) is 39.3 Å². The number of anilines is 1. The molecule has 0 atom stereocenters. The minimum Gasteiger partial charge on any atom is -0.493 e. The number of nitrogens with zero attached hydrogens (tertiary/aromatic N) is 1. The SMILES string of the molecule is COc1ccc(NC(=O)c2ccc3c(=O)n(-c4ccccc4)c(=S)[nH]c3c2)cc1OC. The summed E-state index contributed by atoms with van der Waals surface area (Å²) in [6.07, 6.45) is 0. The second kappa shape index (κ2) is 8.45. The third-order valence-corrected chi connectivity index (χ3v) is 5.10. The summed E-state index contributed by atoms with van der Waals surface area (Å²) in [5.74, 6) is 0.735. The number of ether oxygens (including phenoxy) is 2. The number of hydrogen-bond donors (Lipinski definition) is 2. The molecule has 0 unspecified atom stereocenters. The zero-order valence-corrected chi connectivity index (χ0v) is 17.7. The van der Waals surface area contributed by atoms with Crippen molar-refractivity contribution >= 4 is 34.7 Å². The first kappa shape index (κ1) is 20.4. The molecule has 0 fully saturated rings. The fourth-order valence-corrected chi connectivity index (χ4v) is 3.59. The third-order valence-electron chi connectivity index (χ3n) is 4.82. The first-order valence-electron chi connectivity index (χ1n) is 9.39. The van der Waals surface area contributed by atoms with Crippen LogP contribution in [0, 0.1) is 4.77 Å². The maximum atomic E-state index is 13.0. The van der Waals surface area contributed by atoms with E-state index in [-0.39, 0.29) is 16.2 Å². The Kier molecular flexibility index (Phi) is 5.55. The number of H-pyrrole nitrogens is 1. The van der Waals surface area contributed by atoms with Gasteiger partial charge < -0.3 is 19.8 Å². The Balaban J connectivity index is 1.69. The number of carbonyl (C=O) groups is 1. The normalized spacial score (nSPS) is 10.6. The number of aromatic amines is 1. The topological polar surface area (TPSA) is 85.4 Å². The Labute approximate surface area is 182 Å². The molecule has 4 rings (SSSR count). The zero-order valence-electron chi connectivity index (χ0n) is 16.8. The summed E-state index contributed by atoms with van der Waals surface area (Å²) in [5, 5.41) is 3.25. The molecule has 0 aliphatic rings. The lowest BCUT2D eigenvalue weighted by Crippen LogP contribution is -2.21. The van der Waals surface area contributed by atoms with Gasteiger partial charge in [0, 0.05) is 17.3 Å². The molecule has 0 radical (unpaired) electrons. The molecule has 0 aliphatic heterocycles. The van der Waals surface area contributed by atoms with Crippen LogP contribution in [0.15, 0.2) is 71.5 Å². The van der Waals surface area contributed by atoms with Crippen LogP contribution in [-0.2, 0) is 0 Å². The molecule has 3 aromatic carbocycles. The van der Waals surface area contributed by atoms with E-state index in [4.69, 9.17) is 21.7 Å². The molecule has 31 heavy (non-hydrogen) atoms. The summed E-state index contributed by atoms with van der Waals surface area (Å²) >= 11 is 5.40. The van der Waals surface area contributed by atoms with Gasteiger partial charge in [-0.2, -0.15) is 0 Å². The van der Waals surface area contributed by atoms with Crippen molar-refractivity contribution in [1.29, 1.82) is 0 Å². The van der Waals surface area contributed by atoms with Gasteiger partial charge in [-0.05, 0) is 54.7 Å². The minimum atomic E-state index is -0.333. The van der Waals surface area contributed by atoms with Crippen LogP contribution in [0.25, 0.3) is 16.6 Å². The number of nitrogens with one attached hydrogen (secondary N) is 2. The fraction of sp³-hybridized carbons (Fsp3) is 0.0870. The number of fused-ring (bicyclic) bond motifs is 1. The lowest BCUT2D eigenvalue weighted by Gasteiger charge is -2.11. The molecule has 0 bridgehead atoms. The predicted octanol–water partition coefficient (Wildman–Crippen LogP) is 4.32. The highest BCUT2D eigenvalue weighted by Crippen LogP contribution is 2.30. The molecule has 4 aromatic rings. The number of rotatable bonds is 5. The molecule has 0 spiro atoms. The van der Waals surface area contributed by atoms with Crippen LogP contribution in [0.4, 0.5) is 5.69 Å². The number of para-hydroxylation sites is 1. The quantitative estimate of drug-likeness (QED) is 0.458. The highest BCUT2D eigenvalue weighted by molar-refractivity contribution is 7.71. The summed E-state index contributed by atoms with van der Waals surface area (Å²) in [6, 6.07) is 19.1. The molecule has 1 heterocycles. The lowest BCUT2D eigenvalue weighted by molar-refractivity contribution is 0.102. The van der Waals surface area contributed by atoms with Crippen LogP contribution in [0.3, 0.4) is 0 Å². The van der Waals surface area contributed by atoms with Crippen molar-refractivity contribution in [2.75, 3.05) is 19.5 Å². The van der Waals surface area contributed by atoms with E-state index in [1.807, 2.05) is 30.3 Å². The van der Waals surface area contributed by atoms with Gasteiger partial charge in [0.05, 0.1) is 30.8 Å². The molecule has 2 N–H and O–H groups in total. The first-order chi connectivity index (χ1) is 15.0. The summed E-state index contributed by atoms with van der Waals surface area (Å²) in [6.45, 7) is 0. The van der Waals surface area contributed by atoms with Crippen molar-refractivity contribution in [3.05, 3.63) is 87.4 Å². The number of amides is 1. The molecule has 0 aliphatic carbocycles. The van der Waals surface area contributed by atoms with Crippen molar-refractivity contribution < 1.29 is 14.3 Å². The second-order valence-corrected chi connectivity index (χ2v) is 7.08. The molecule has 0 saturated heterocycles. The summed E-state index contributed by atoms with van der Waals surface area (Å²) in [4.78, 5) is 28.8. The Bertz CT molecular complexity index is 1390. The molecule has 156 valence electrons. The van der Waals surface area contributed by atoms with Crippen molar-refractivity contribution in [1.82, 2.24) is 9.55 Å². The van der Waals surface area contributed by atoms with Gasteiger partial charge in [0.2, 0.25) is 0 Å². The Hall–Kier alpha value is -3.91. The van der Waals surface area contributed by atoms with Gasteiger partial charge in [0.15, 0.2) is 16.3 Å². The lowest BCUT2D eigenvalue weighted by atomic mass is 10.1. The average molecular weight is 433 g/mol. The Morgan fingerprint density at radius 2 is 1.71 bits per heavy atom. The molecular formula is C23H19N3O4S. The Morgan fingerprint density at radius 1 is 0.968 bits per heavy atom. The predicted molar refractivity (Wildman–Crippen MR) is 122 cm³/mol. The van der Waals surface area contributed by atoms with E-state index >= 15 is 0 Å². The Morgan fingerprint density at radius 3 is 2.42 bits per heavy atom. The third kappa shape index (κ3) is 3.93. The van der Waals surface area contributed by atoms with E-state index in [2.05, 4.69) is 10.3 Å². The van der Waals surface area contributed by atoms with Crippen LogP contribution in [0.2, 0.25) is 0 Å². The minimum absolute atomic E-state index is 0.251. The molecule has 1 aromatic heterocycles. The van der Waals surface area contributed by atoms with Gasteiger partial charge in [-0.15, -0.1) is 0 Å². The average Bonchev–Trinajstić information content (AvgIpc) is 2.79. The van der Waals surface area contributed by atoms with E-state index in [1.54, 1.807) is 43.5 Å². The highest BCUT2D eigenvalue weighted by atomic mass is 32.1. The molecule has 8 heteroatoms. The standard InChI is InChI=1S/C23H19N3O4S/c1-29-19-11-9-15(13-20(19)30-2)24-21(27)14-8-10-17-18(12-14)25-23(31)26(22(17)28)16-6-4-3-5-7-16/h3-13H,1-2H3,(H,24,27)(H,25,31). The fourth-order valence-electron chi connectivity index (χ4n) is 3.29. The molecule has 1 amide bonds. The number of carbonyl (C=O) groups excluding carboxylic acids is 1. The van der Waals surface area contributed by atoms with Crippen LogP contribution in [0.1, 0.15) is 10.4 Å². The van der Waals surface area contributed by atoms with Gasteiger partial charge >= 0.3 is 0 Å². The van der Waals surface area contributed by atoms with Crippen molar-refractivity contribution in [3.63, 3.8) is 0 Å². The van der Waals surface area contributed by atoms with E-state index in [1.165, 1.54) is 11.7 Å². The van der Waals surface area contributed by atoms with E-state index < -0.39 is 0 Å². The van der Waals surface area contributed by atoms with Gasteiger partial charge in [0.25, 0.3) is 11.5 Å². The number of methoxy groups -OCH3 is 2. The smallest absolute Gasteiger partial charge is 0.266 e. The van der Waals surface area contributed by atoms with Crippen LogP contribution in [-0.4, -0.2) is 29.7 Å². The maximum absolute atomic E-state index is 13.0. The first-order valence-corrected chi connectivity index (χ1v) is 9.80. The van der Waals surface area contributed by atoms with Crippen LogP contribution in [0.5, 0.6) is 11.5 Å². The van der Waals surface area contributed by atoms with Crippen LogP contribution >= 0.6 is 12.2 Å². The number of hydrogen-bond acceptors (Lipinski definition) is 5. The van der Waals surface area contributed by atoms with Gasteiger partial charge in [-0.1, -0.05) is 18.2 Å². The van der Waals surface area contributed by atoms with Crippen molar-refractivity contribution in [2.45, 2.75) is 0 Å². The van der Waals surface area contributed by atoms with Gasteiger partial charge in [-0.3, -0.25) is 14.2 Å². The second-order valence-electron chi connectivity index (χ2n) is 6.69. The van der Waals surface area contributed by atoms with E-state index in [9.17, 15) is 9.59 Å². The van der Waals surface area contributed by atoms with E-state index in [0.717, 1.165) is 0 Å². The number of aromatic nitrogens is 2. The summed E-state index contributed by atoms with van der Waals surface area (Å²) in [5.41, 5.74) is 1.84. The van der Waals surface area contributed by atoms with Crippen molar-refractivity contribution in [2.24, 2.45) is 0 Å².